The van der Waals surface area contributed by atoms with Crippen LogP contribution in [-0.2, 0) is 11.3 Å². The number of aryl methyl sites for hydroxylation is 1. The Morgan fingerprint density at radius 2 is 1.83 bits per heavy atom. The van der Waals surface area contributed by atoms with Crippen molar-refractivity contribution in [1.82, 2.24) is 9.80 Å². The number of rotatable bonds is 4. The van der Waals surface area contributed by atoms with Gasteiger partial charge in [0.1, 0.15) is 0 Å². The highest BCUT2D eigenvalue weighted by molar-refractivity contribution is 7.09. The molecule has 0 saturated carbocycles. The molecule has 2 aromatic rings. The van der Waals surface area contributed by atoms with Gasteiger partial charge in [0.05, 0.1) is 0 Å². The van der Waals surface area contributed by atoms with Gasteiger partial charge >= 0.3 is 0 Å². The van der Waals surface area contributed by atoms with Gasteiger partial charge in [-0.1, -0.05) is 35.9 Å². The fraction of sp³-hybridized carbons (Fsp3) is 0.368. The zero-order valence-electron chi connectivity index (χ0n) is 13.9. The minimum Gasteiger partial charge on any atom is -0.334 e. The van der Waals surface area contributed by atoms with Gasteiger partial charge in [-0.05, 0) is 24.8 Å². The second-order valence-electron chi connectivity index (χ2n) is 6.20. The highest BCUT2D eigenvalue weighted by Crippen LogP contribution is 2.14. The third kappa shape index (κ3) is 4.10. The molecule has 0 spiro atoms. The number of hydrogen-bond donors (Lipinski definition) is 0. The summed E-state index contributed by atoms with van der Waals surface area (Å²) >= 11 is 1.76. The van der Waals surface area contributed by atoms with Crippen LogP contribution in [0.3, 0.4) is 0 Å². The summed E-state index contributed by atoms with van der Waals surface area (Å²) in [5, 5.41) is 2.09. The number of hydrogen-bond acceptors (Lipinski definition) is 4. The lowest BCUT2D eigenvalue weighted by atomic mass is 10.1. The predicted octanol–water partition coefficient (Wildman–Crippen LogP) is 2.97. The lowest BCUT2D eigenvalue weighted by Gasteiger charge is -2.21. The molecule has 1 amide bonds. The van der Waals surface area contributed by atoms with Crippen LogP contribution in [-0.4, -0.2) is 47.7 Å². The Balaban J connectivity index is 1.59. The van der Waals surface area contributed by atoms with E-state index < -0.39 is 5.78 Å². The van der Waals surface area contributed by atoms with E-state index >= 15 is 0 Å². The average Bonchev–Trinajstić information content (AvgIpc) is 2.99. The van der Waals surface area contributed by atoms with Gasteiger partial charge in [-0.15, -0.1) is 11.3 Å². The van der Waals surface area contributed by atoms with Gasteiger partial charge in [-0.25, -0.2) is 0 Å². The van der Waals surface area contributed by atoms with Crippen LogP contribution in [0.25, 0.3) is 0 Å². The predicted molar refractivity (Wildman–Crippen MR) is 96.3 cm³/mol. The number of Topliss-reactive ketones (excluding diaryl/α,β-unsaturated/α-hetero) is 1. The molecule has 1 aliphatic rings. The largest absolute Gasteiger partial charge is 0.334 e. The Kier molecular flexibility index (Phi) is 5.43. The van der Waals surface area contributed by atoms with Gasteiger partial charge in [0.2, 0.25) is 5.78 Å². The molecule has 0 N–H and O–H groups in total. The summed E-state index contributed by atoms with van der Waals surface area (Å²) in [6.07, 6.45) is 0.901. The summed E-state index contributed by atoms with van der Waals surface area (Å²) in [6.45, 7) is 5.92. The molecule has 0 bridgehead atoms. The molecule has 1 aromatic carbocycles. The lowest BCUT2D eigenvalue weighted by molar-refractivity contribution is -0.126. The van der Waals surface area contributed by atoms with Crippen LogP contribution in [0.5, 0.6) is 0 Å². The zero-order chi connectivity index (χ0) is 16.9. The maximum atomic E-state index is 12.5. The summed E-state index contributed by atoms with van der Waals surface area (Å²) in [4.78, 5) is 30.3. The first-order valence-corrected chi connectivity index (χ1v) is 9.16. The van der Waals surface area contributed by atoms with Crippen molar-refractivity contribution in [2.45, 2.75) is 19.9 Å². The quantitative estimate of drug-likeness (QED) is 0.633. The van der Waals surface area contributed by atoms with Crippen molar-refractivity contribution in [3.8, 4) is 0 Å². The number of carbonyl (C=O) groups excluding carboxylic acids is 2. The molecule has 1 fully saturated rings. The van der Waals surface area contributed by atoms with Crippen LogP contribution in [0.4, 0.5) is 0 Å². The Morgan fingerprint density at radius 1 is 1.04 bits per heavy atom. The van der Waals surface area contributed by atoms with Crippen molar-refractivity contribution in [2.24, 2.45) is 0 Å². The molecule has 1 aromatic heterocycles. The van der Waals surface area contributed by atoms with Gasteiger partial charge in [0.25, 0.3) is 5.91 Å². The SMILES string of the molecule is Cc1ccc(C(=O)C(=O)N2CCCN(Cc3cccs3)CC2)cc1. The van der Waals surface area contributed by atoms with Crippen LogP contribution in [0, 0.1) is 6.92 Å². The van der Waals surface area contributed by atoms with E-state index in [9.17, 15) is 9.59 Å². The van der Waals surface area contributed by atoms with Crippen molar-refractivity contribution in [3.63, 3.8) is 0 Å². The van der Waals surface area contributed by atoms with E-state index in [1.807, 2.05) is 19.1 Å². The smallest absolute Gasteiger partial charge is 0.295 e. The van der Waals surface area contributed by atoms with E-state index in [0.29, 0.717) is 18.7 Å². The zero-order valence-corrected chi connectivity index (χ0v) is 14.7. The maximum Gasteiger partial charge on any atom is 0.295 e. The fourth-order valence-electron chi connectivity index (χ4n) is 2.93. The molecule has 126 valence electrons. The van der Waals surface area contributed by atoms with E-state index in [1.54, 1.807) is 28.4 Å². The summed E-state index contributed by atoms with van der Waals surface area (Å²) in [6, 6.07) is 11.4. The summed E-state index contributed by atoms with van der Waals surface area (Å²) in [5.41, 5.74) is 1.56. The Bertz CT molecular complexity index is 695. The molecule has 24 heavy (non-hydrogen) atoms. The van der Waals surface area contributed by atoms with Gasteiger partial charge in [-0.3, -0.25) is 14.5 Å². The van der Waals surface area contributed by atoms with E-state index in [4.69, 9.17) is 0 Å². The van der Waals surface area contributed by atoms with Crippen LogP contribution >= 0.6 is 11.3 Å². The second-order valence-corrected chi connectivity index (χ2v) is 7.23. The van der Waals surface area contributed by atoms with Crippen molar-refractivity contribution >= 4 is 23.0 Å². The molecule has 0 aliphatic carbocycles. The number of amides is 1. The molecular formula is C19H22N2O2S. The Morgan fingerprint density at radius 3 is 2.54 bits per heavy atom. The third-order valence-corrected chi connectivity index (χ3v) is 5.20. The summed E-state index contributed by atoms with van der Waals surface area (Å²) < 4.78 is 0. The molecular weight excluding hydrogens is 320 g/mol. The minimum atomic E-state index is -0.401. The van der Waals surface area contributed by atoms with Crippen LogP contribution < -0.4 is 0 Å². The van der Waals surface area contributed by atoms with Crippen LogP contribution in [0.15, 0.2) is 41.8 Å². The van der Waals surface area contributed by atoms with Gasteiger partial charge < -0.3 is 4.90 Å². The molecule has 0 unspecified atom stereocenters. The topological polar surface area (TPSA) is 40.6 Å². The van der Waals surface area contributed by atoms with Crippen molar-refractivity contribution < 1.29 is 9.59 Å². The number of nitrogens with zero attached hydrogens (tertiary/aromatic N) is 2. The first-order chi connectivity index (χ1) is 11.6. The normalized spacial score (nSPS) is 16.0. The number of benzene rings is 1. The molecule has 4 nitrogen and oxygen atoms in total. The van der Waals surface area contributed by atoms with Crippen LogP contribution in [0.1, 0.15) is 27.2 Å². The second kappa shape index (κ2) is 7.73. The number of ketones is 1. The molecule has 5 heteroatoms. The molecule has 3 rings (SSSR count). The van der Waals surface area contributed by atoms with Crippen LogP contribution in [0.2, 0.25) is 0 Å². The minimum absolute atomic E-state index is 0.378. The highest BCUT2D eigenvalue weighted by atomic mass is 32.1. The van der Waals surface area contributed by atoms with Crippen molar-refractivity contribution in [2.75, 3.05) is 26.2 Å². The Labute approximate surface area is 146 Å². The Hall–Kier alpha value is -1.98. The van der Waals surface area contributed by atoms with Gasteiger partial charge in [0.15, 0.2) is 0 Å². The highest BCUT2D eigenvalue weighted by Gasteiger charge is 2.25. The van der Waals surface area contributed by atoms with Gasteiger partial charge in [-0.2, -0.15) is 0 Å². The fourth-order valence-corrected chi connectivity index (χ4v) is 3.67. The molecule has 0 atom stereocenters. The van der Waals surface area contributed by atoms with E-state index in [-0.39, 0.29) is 5.91 Å². The van der Waals surface area contributed by atoms with Crippen molar-refractivity contribution in [3.05, 3.63) is 57.8 Å². The van der Waals surface area contributed by atoms with E-state index in [2.05, 4.69) is 22.4 Å². The van der Waals surface area contributed by atoms with E-state index in [0.717, 1.165) is 31.6 Å². The van der Waals surface area contributed by atoms with E-state index in [1.165, 1.54) is 4.88 Å². The summed E-state index contributed by atoms with van der Waals surface area (Å²) in [5.74, 6) is -0.779. The molecule has 1 aliphatic heterocycles. The molecule has 2 heterocycles. The average molecular weight is 342 g/mol. The number of thiophene rings is 1. The maximum absolute atomic E-state index is 12.5. The monoisotopic (exact) mass is 342 g/mol. The first-order valence-electron chi connectivity index (χ1n) is 8.28. The lowest BCUT2D eigenvalue weighted by Crippen LogP contribution is -2.39. The summed E-state index contributed by atoms with van der Waals surface area (Å²) in [7, 11) is 0. The standard InChI is InChI=1S/C19H22N2O2S/c1-15-5-7-16(8-6-15)18(22)19(23)21-10-3-9-20(11-12-21)14-17-4-2-13-24-17/h2,4-8,13H,3,9-12,14H2,1H3. The number of carbonyl (C=O) groups is 2. The van der Waals surface area contributed by atoms with Crippen molar-refractivity contribution in [1.29, 1.82) is 0 Å². The van der Waals surface area contributed by atoms with Gasteiger partial charge in [0, 0.05) is 43.2 Å². The third-order valence-electron chi connectivity index (χ3n) is 4.34. The first kappa shape index (κ1) is 16.9. The molecule has 0 radical (unpaired) electrons. The molecule has 1 saturated heterocycles.